The third kappa shape index (κ3) is 4.88. The van der Waals surface area contributed by atoms with Gasteiger partial charge in [0.1, 0.15) is 0 Å². The van der Waals surface area contributed by atoms with E-state index in [4.69, 9.17) is 16.3 Å². The number of morpholine rings is 1. The summed E-state index contributed by atoms with van der Waals surface area (Å²) in [7, 11) is 1.97. The first kappa shape index (κ1) is 19.4. The number of hydrogen-bond donors (Lipinski definition) is 2. The van der Waals surface area contributed by atoms with Gasteiger partial charge in [-0.15, -0.1) is 0 Å². The topological polar surface area (TPSA) is 75.6 Å². The van der Waals surface area contributed by atoms with Gasteiger partial charge in [0, 0.05) is 38.6 Å². The van der Waals surface area contributed by atoms with Crippen LogP contribution in [-0.4, -0.2) is 54.1 Å². The highest BCUT2D eigenvalue weighted by Crippen LogP contribution is 2.22. The van der Waals surface area contributed by atoms with Gasteiger partial charge in [0.05, 0.1) is 30.0 Å². The summed E-state index contributed by atoms with van der Waals surface area (Å²) in [4.78, 5) is 26.7. The molecule has 1 aliphatic rings. The van der Waals surface area contributed by atoms with E-state index in [1.54, 1.807) is 24.3 Å². The van der Waals surface area contributed by atoms with Crippen LogP contribution in [0.1, 0.15) is 11.7 Å². The Morgan fingerprint density at radius 3 is 2.56 bits per heavy atom. The molecule has 7 nitrogen and oxygen atoms in total. The van der Waals surface area contributed by atoms with Gasteiger partial charge in [-0.25, -0.2) is 0 Å². The number of carbonyl (C=O) groups excluding carboxylic acids is 2. The number of benzene rings is 1. The van der Waals surface area contributed by atoms with E-state index < -0.39 is 11.8 Å². The average Bonchev–Trinajstić information content (AvgIpc) is 3.10. The van der Waals surface area contributed by atoms with Crippen LogP contribution >= 0.6 is 11.6 Å². The highest BCUT2D eigenvalue weighted by molar-refractivity contribution is 6.41. The van der Waals surface area contributed by atoms with Crippen molar-refractivity contribution in [1.82, 2.24) is 14.8 Å². The summed E-state index contributed by atoms with van der Waals surface area (Å²) < 4.78 is 7.45. The number of aromatic nitrogens is 1. The standard InChI is InChI=1S/C19H23ClN4O3/c1-23-8-4-7-16(23)17(24-9-11-27-12-10-24)13-21-18(25)19(26)22-15-6-3-2-5-14(15)20/h2-8,17H,9-13H2,1H3,(H,21,25)(H,22,26). The van der Waals surface area contributed by atoms with E-state index in [0.717, 1.165) is 18.8 Å². The van der Waals surface area contributed by atoms with Crippen LogP contribution in [0.3, 0.4) is 0 Å². The minimum Gasteiger partial charge on any atom is -0.379 e. The molecule has 2 N–H and O–H groups in total. The number of hydrogen-bond acceptors (Lipinski definition) is 4. The summed E-state index contributed by atoms with van der Waals surface area (Å²) in [6.07, 6.45) is 1.97. The second kappa shape index (κ2) is 9.03. The zero-order chi connectivity index (χ0) is 19.2. The summed E-state index contributed by atoms with van der Waals surface area (Å²) in [6.45, 7) is 3.19. The molecule has 1 fully saturated rings. The molecule has 27 heavy (non-hydrogen) atoms. The molecule has 1 aliphatic heterocycles. The van der Waals surface area contributed by atoms with Crippen molar-refractivity contribution in [3.8, 4) is 0 Å². The van der Waals surface area contributed by atoms with Gasteiger partial charge in [-0.2, -0.15) is 0 Å². The first-order chi connectivity index (χ1) is 13.1. The fourth-order valence-corrected chi connectivity index (χ4v) is 3.32. The quantitative estimate of drug-likeness (QED) is 0.763. The predicted molar refractivity (Wildman–Crippen MR) is 104 cm³/mol. The highest BCUT2D eigenvalue weighted by atomic mass is 35.5. The molecule has 8 heteroatoms. The Kier molecular flexibility index (Phi) is 6.49. The van der Waals surface area contributed by atoms with Crippen LogP contribution in [-0.2, 0) is 21.4 Å². The molecule has 1 aromatic heterocycles. The summed E-state index contributed by atoms with van der Waals surface area (Å²) in [6, 6.07) is 10.7. The zero-order valence-corrected chi connectivity index (χ0v) is 15.9. The molecule has 0 saturated carbocycles. The lowest BCUT2D eigenvalue weighted by Gasteiger charge is -2.34. The summed E-state index contributed by atoms with van der Waals surface area (Å²) in [5.74, 6) is -1.43. The van der Waals surface area contributed by atoms with E-state index in [1.807, 2.05) is 29.9 Å². The van der Waals surface area contributed by atoms with Gasteiger partial charge in [0.25, 0.3) is 0 Å². The Labute approximate surface area is 163 Å². The van der Waals surface area contributed by atoms with E-state index in [0.29, 0.717) is 30.5 Å². The normalized spacial score (nSPS) is 15.9. The molecule has 1 atom stereocenters. The van der Waals surface area contributed by atoms with Crippen LogP contribution in [0.5, 0.6) is 0 Å². The maximum absolute atomic E-state index is 12.3. The second-order valence-electron chi connectivity index (χ2n) is 6.35. The molecule has 1 unspecified atom stereocenters. The smallest absolute Gasteiger partial charge is 0.313 e. The molecule has 1 aromatic carbocycles. The number of anilines is 1. The maximum Gasteiger partial charge on any atom is 0.313 e. The highest BCUT2D eigenvalue weighted by Gasteiger charge is 2.26. The van der Waals surface area contributed by atoms with Gasteiger partial charge in [-0.3, -0.25) is 14.5 Å². The van der Waals surface area contributed by atoms with Gasteiger partial charge in [0.2, 0.25) is 0 Å². The summed E-state index contributed by atoms with van der Waals surface area (Å²) in [5.41, 5.74) is 1.48. The Bertz CT molecular complexity index is 802. The Morgan fingerprint density at radius 2 is 1.89 bits per heavy atom. The van der Waals surface area contributed by atoms with Crippen LogP contribution in [0.4, 0.5) is 5.69 Å². The molecule has 2 heterocycles. The Morgan fingerprint density at radius 1 is 1.15 bits per heavy atom. The number of nitrogens with zero attached hydrogens (tertiary/aromatic N) is 2. The lowest BCUT2D eigenvalue weighted by molar-refractivity contribution is -0.136. The monoisotopic (exact) mass is 390 g/mol. The van der Waals surface area contributed by atoms with Crippen molar-refractivity contribution in [2.45, 2.75) is 6.04 Å². The number of rotatable bonds is 5. The van der Waals surface area contributed by atoms with E-state index in [2.05, 4.69) is 15.5 Å². The molecule has 3 rings (SSSR count). The number of para-hydroxylation sites is 1. The van der Waals surface area contributed by atoms with Crippen LogP contribution in [0.25, 0.3) is 0 Å². The van der Waals surface area contributed by atoms with Crippen molar-refractivity contribution in [2.75, 3.05) is 38.2 Å². The molecule has 2 aromatic rings. The number of halogens is 1. The van der Waals surface area contributed by atoms with Gasteiger partial charge in [-0.1, -0.05) is 23.7 Å². The van der Waals surface area contributed by atoms with Crippen molar-refractivity contribution < 1.29 is 14.3 Å². The van der Waals surface area contributed by atoms with Crippen LogP contribution in [0.15, 0.2) is 42.6 Å². The zero-order valence-electron chi connectivity index (χ0n) is 15.2. The van der Waals surface area contributed by atoms with Crippen molar-refractivity contribution >= 4 is 29.1 Å². The summed E-state index contributed by atoms with van der Waals surface area (Å²) >= 11 is 6.02. The summed E-state index contributed by atoms with van der Waals surface area (Å²) in [5, 5.41) is 5.67. The largest absolute Gasteiger partial charge is 0.379 e. The van der Waals surface area contributed by atoms with Gasteiger partial charge < -0.3 is 19.9 Å². The fourth-order valence-electron chi connectivity index (χ4n) is 3.14. The molecule has 0 bridgehead atoms. The average molecular weight is 391 g/mol. The lowest BCUT2D eigenvalue weighted by atomic mass is 10.1. The third-order valence-electron chi connectivity index (χ3n) is 4.60. The molecule has 0 radical (unpaired) electrons. The Balaban J connectivity index is 1.64. The predicted octanol–water partition coefficient (Wildman–Crippen LogP) is 1.81. The van der Waals surface area contributed by atoms with E-state index >= 15 is 0 Å². The SMILES string of the molecule is Cn1cccc1C(CNC(=O)C(=O)Nc1ccccc1Cl)N1CCOCC1. The molecule has 0 aliphatic carbocycles. The molecule has 0 spiro atoms. The van der Waals surface area contributed by atoms with Crippen molar-refractivity contribution in [1.29, 1.82) is 0 Å². The molecular formula is C19H23ClN4O3. The number of carbonyl (C=O) groups is 2. The van der Waals surface area contributed by atoms with Crippen molar-refractivity contribution in [3.05, 3.63) is 53.3 Å². The van der Waals surface area contributed by atoms with E-state index in [9.17, 15) is 9.59 Å². The fraction of sp³-hybridized carbons (Fsp3) is 0.368. The maximum atomic E-state index is 12.3. The molecular weight excluding hydrogens is 368 g/mol. The third-order valence-corrected chi connectivity index (χ3v) is 4.93. The first-order valence-electron chi connectivity index (χ1n) is 8.83. The number of ether oxygens (including phenoxy) is 1. The molecule has 144 valence electrons. The lowest BCUT2D eigenvalue weighted by Crippen LogP contribution is -2.46. The van der Waals surface area contributed by atoms with Crippen LogP contribution in [0.2, 0.25) is 5.02 Å². The van der Waals surface area contributed by atoms with Crippen molar-refractivity contribution in [3.63, 3.8) is 0 Å². The van der Waals surface area contributed by atoms with Gasteiger partial charge >= 0.3 is 11.8 Å². The number of nitrogens with one attached hydrogen (secondary N) is 2. The van der Waals surface area contributed by atoms with Gasteiger partial charge in [0.15, 0.2) is 0 Å². The van der Waals surface area contributed by atoms with Crippen LogP contribution in [0, 0.1) is 0 Å². The minimum absolute atomic E-state index is 0.0361. The second-order valence-corrected chi connectivity index (χ2v) is 6.76. The van der Waals surface area contributed by atoms with Crippen molar-refractivity contribution in [2.24, 2.45) is 7.05 Å². The number of amides is 2. The van der Waals surface area contributed by atoms with Gasteiger partial charge in [-0.05, 0) is 24.3 Å². The number of aryl methyl sites for hydroxylation is 1. The minimum atomic E-state index is -0.740. The van der Waals surface area contributed by atoms with Crippen LogP contribution < -0.4 is 10.6 Å². The Hall–Kier alpha value is -2.35. The first-order valence-corrected chi connectivity index (χ1v) is 9.21. The van der Waals surface area contributed by atoms with E-state index in [1.165, 1.54) is 0 Å². The molecule has 2 amide bonds. The molecule has 1 saturated heterocycles. The van der Waals surface area contributed by atoms with E-state index in [-0.39, 0.29) is 6.04 Å².